The molecule has 0 aromatic heterocycles. The lowest BCUT2D eigenvalue weighted by Gasteiger charge is -1.99. The van der Waals surface area contributed by atoms with Crippen molar-refractivity contribution in [2.75, 3.05) is 11.6 Å². The van der Waals surface area contributed by atoms with Crippen LogP contribution in [-0.2, 0) is 15.6 Å². The summed E-state index contributed by atoms with van der Waals surface area (Å²) in [5, 5.41) is 0. The quantitative estimate of drug-likeness (QED) is 0.576. The third-order valence-electron chi connectivity index (χ3n) is 1.44. The van der Waals surface area contributed by atoms with Gasteiger partial charge in [0.05, 0.1) is 9.83 Å². The lowest BCUT2D eigenvalue weighted by Crippen LogP contribution is -1.93. The molecule has 0 saturated carbocycles. The van der Waals surface area contributed by atoms with Crippen LogP contribution in [0.1, 0.15) is 5.56 Å². The van der Waals surface area contributed by atoms with E-state index in [-0.39, 0.29) is 0 Å². The zero-order chi connectivity index (χ0) is 9.52. The summed E-state index contributed by atoms with van der Waals surface area (Å²) in [6.45, 7) is 0. The smallest absolute Gasteiger partial charge is 0.0819 e. The summed E-state index contributed by atoms with van der Waals surface area (Å²) in [4.78, 5) is 0. The summed E-state index contributed by atoms with van der Waals surface area (Å²) < 4.78 is 11.2. The highest BCUT2D eigenvalue weighted by atomic mass is 35.5. The largest absolute Gasteiger partial charge is 0.248 e. The zero-order valence-electron chi connectivity index (χ0n) is 7.11. The van der Waals surface area contributed by atoms with Crippen LogP contribution in [0, 0.1) is 0 Å². The van der Waals surface area contributed by atoms with Crippen molar-refractivity contribution in [2.24, 2.45) is 0 Å². The Morgan fingerprint density at radius 1 is 1.31 bits per heavy atom. The molecule has 72 valence electrons. The molecule has 0 radical (unpaired) electrons. The van der Waals surface area contributed by atoms with Gasteiger partial charge < -0.3 is 0 Å². The summed E-state index contributed by atoms with van der Waals surface area (Å²) in [7, 11) is 0.606. The lowest BCUT2D eigenvalue weighted by atomic mass is 10.2. The minimum atomic E-state index is -0.836. The Morgan fingerprint density at radius 2 is 2.00 bits per heavy atom. The van der Waals surface area contributed by atoms with Gasteiger partial charge in [0.1, 0.15) is 0 Å². The van der Waals surface area contributed by atoms with E-state index in [0.717, 1.165) is 5.75 Å². The van der Waals surface area contributed by atoms with Crippen LogP contribution >= 0.6 is 22.4 Å². The molecule has 13 heavy (non-hydrogen) atoms. The van der Waals surface area contributed by atoms with Gasteiger partial charge in [0.15, 0.2) is 0 Å². The van der Waals surface area contributed by atoms with Crippen molar-refractivity contribution in [3.63, 3.8) is 0 Å². The molecule has 0 saturated heterocycles. The first-order chi connectivity index (χ1) is 6.33. The maximum atomic E-state index is 11.2. The van der Waals surface area contributed by atoms with Crippen molar-refractivity contribution in [1.82, 2.24) is 0 Å². The van der Waals surface area contributed by atoms with Crippen LogP contribution in [0.3, 0.4) is 0 Å². The van der Waals surface area contributed by atoms with Crippen LogP contribution in [0.4, 0.5) is 0 Å². The van der Waals surface area contributed by atoms with E-state index >= 15 is 0 Å². The molecule has 1 aromatic rings. The zero-order valence-corrected chi connectivity index (χ0v) is 9.50. The average molecular weight is 235 g/mol. The fourth-order valence-corrected chi connectivity index (χ4v) is 3.63. The first-order valence-corrected chi connectivity index (χ1v) is 7.30. The third-order valence-corrected chi connectivity index (χ3v) is 4.75. The molecule has 0 spiro atoms. The number of halogens is 1. The van der Waals surface area contributed by atoms with Crippen molar-refractivity contribution >= 4 is 32.2 Å². The van der Waals surface area contributed by atoms with Crippen molar-refractivity contribution < 1.29 is 4.21 Å². The standard InChI is InChI=1S/C9H11ClOS2/c10-6-7-13(11)12-8-9-4-2-1-3-5-9/h1-5H,6-8H2. The number of alkyl halides is 1. The van der Waals surface area contributed by atoms with E-state index in [4.69, 9.17) is 11.6 Å². The van der Waals surface area contributed by atoms with Gasteiger partial charge in [-0.25, -0.2) is 4.21 Å². The van der Waals surface area contributed by atoms with Gasteiger partial charge in [-0.15, -0.1) is 11.6 Å². The summed E-state index contributed by atoms with van der Waals surface area (Å²) in [5.41, 5.74) is 1.20. The monoisotopic (exact) mass is 234 g/mol. The highest BCUT2D eigenvalue weighted by molar-refractivity contribution is 8.68. The number of hydrogen-bond donors (Lipinski definition) is 0. The molecule has 0 aliphatic rings. The number of benzene rings is 1. The Labute approximate surface area is 89.7 Å². The normalized spacial score (nSPS) is 12.7. The van der Waals surface area contributed by atoms with Gasteiger partial charge >= 0.3 is 0 Å². The fourth-order valence-electron chi connectivity index (χ4n) is 0.830. The molecule has 0 aliphatic carbocycles. The first-order valence-electron chi connectivity index (χ1n) is 3.94. The third kappa shape index (κ3) is 4.69. The molecule has 1 nitrogen and oxygen atoms in total. The van der Waals surface area contributed by atoms with Crippen molar-refractivity contribution in [2.45, 2.75) is 5.75 Å². The first kappa shape index (κ1) is 11.1. The SMILES string of the molecule is O=S(CCCl)SCc1ccccc1. The van der Waals surface area contributed by atoms with Crippen molar-refractivity contribution in [1.29, 1.82) is 0 Å². The lowest BCUT2D eigenvalue weighted by molar-refractivity contribution is 0.692. The van der Waals surface area contributed by atoms with Crippen LogP contribution in [0.15, 0.2) is 30.3 Å². The minimum absolute atomic E-state index is 0.467. The van der Waals surface area contributed by atoms with Crippen LogP contribution in [-0.4, -0.2) is 15.8 Å². The van der Waals surface area contributed by atoms with Gasteiger partial charge in [-0.3, -0.25) is 0 Å². The van der Waals surface area contributed by atoms with E-state index in [1.807, 2.05) is 30.3 Å². The Bertz CT molecular complexity index is 264. The predicted molar refractivity (Wildman–Crippen MR) is 61.5 cm³/mol. The summed E-state index contributed by atoms with van der Waals surface area (Å²) in [5.74, 6) is 1.83. The molecule has 0 aliphatic heterocycles. The van der Waals surface area contributed by atoms with Crippen LogP contribution in [0.5, 0.6) is 0 Å². The van der Waals surface area contributed by atoms with E-state index in [9.17, 15) is 4.21 Å². The van der Waals surface area contributed by atoms with E-state index in [1.165, 1.54) is 16.4 Å². The van der Waals surface area contributed by atoms with Gasteiger partial charge in [0, 0.05) is 17.4 Å². The Hall–Kier alpha value is 0.01000. The second-order valence-corrected chi connectivity index (χ2v) is 6.19. The molecule has 4 heteroatoms. The fraction of sp³-hybridized carbons (Fsp3) is 0.333. The van der Waals surface area contributed by atoms with E-state index in [2.05, 4.69) is 0 Å². The highest BCUT2D eigenvalue weighted by Gasteiger charge is 1.99. The van der Waals surface area contributed by atoms with Crippen molar-refractivity contribution in [3.05, 3.63) is 35.9 Å². The number of hydrogen-bond acceptors (Lipinski definition) is 2. The Morgan fingerprint density at radius 3 is 2.62 bits per heavy atom. The second kappa shape index (κ2) is 6.46. The molecule has 1 unspecified atom stereocenters. The number of rotatable bonds is 5. The van der Waals surface area contributed by atoms with Gasteiger partial charge in [-0.05, 0) is 5.56 Å². The van der Waals surface area contributed by atoms with Crippen LogP contribution < -0.4 is 0 Å². The molecule has 1 atom stereocenters. The van der Waals surface area contributed by atoms with Crippen LogP contribution in [0.2, 0.25) is 0 Å². The molecule has 1 rings (SSSR count). The molecule has 0 bridgehead atoms. The second-order valence-electron chi connectivity index (χ2n) is 2.44. The van der Waals surface area contributed by atoms with Crippen molar-refractivity contribution in [3.8, 4) is 0 Å². The average Bonchev–Trinajstić information content (AvgIpc) is 2.17. The predicted octanol–water partition coefficient (Wildman–Crippen LogP) is 2.82. The van der Waals surface area contributed by atoms with Gasteiger partial charge in [0.25, 0.3) is 0 Å². The molecular weight excluding hydrogens is 224 g/mol. The molecular formula is C9H11ClOS2. The topological polar surface area (TPSA) is 17.1 Å². The molecule has 0 N–H and O–H groups in total. The van der Waals surface area contributed by atoms with Gasteiger partial charge in [0.2, 0.25) is 0 Å². The van der Waals surface area contributed by atoms with Gasteiger partial charge in [-0.1, -0.05) is 41.1 Å². The Balaban J connectivity index is 2.31. The molecule has 0 heterocycles. The minimum Gasteiger partial charge on any atom is -0.248 e. The summed E-state index contributed by atoms with van der Waals surface area (Å²) >= 11 is 5.47. The van der Waals surface area contributed by atoms with Crippen LogP contribution in [0.25, 0.3) is 0 Å². The highest BCUT2D eigenvalue weighted by Crippen LogP contribution is 2.15. The molecule has 0 amide bonds. The Kier molecular flexibility index (Phi) is 5.51. The summed E-state index contributed by atoms with van der Waals surface area (Å²) in [6, 6.07) is 10.0. The summed E-state index contributed by atoms with van der Waals surface area (Å²) in [6.07, 6.45) is 0. The van der Waals surface area contributed by atoms with E-state index in [1.54, 1.807) is 0 Å². The van der Waals surface area contributed by atoms with Gasteiger partial charge in [-0.2, -0.15) is 0 Å². The maximum absolute atomic E-state index is 11.2. The molecule has 0 fully saturated rings. The maximum Gasteiger partial charge on any atom is 0.0819 e. The van der Waals surface area contributed by atoms with E-state index < -0.39 is 9.83 Å². The van der Waals surface area contributed by atoms with E-state index in [0.29, 0.717) is 11.6 Å². The molecule has 1 aromatic carbocycles.